The van der Waals surface area contributed by atoms with Crippen molar-refractivity contribution in [3.8, 4) is 0 Å². The molecule has 45 heavy (non-hydrogen) atoms. The molecule has 0 spiro atoms. The van der Waals surface area contributed by atoms with Gasteiger partial charge in [0, 0.05) is 13.1 Å². The lowest BCUT2D eigenvalue weighted by Gasteiger charge is -2.29. The maximum absolute atomic E-state index is 13.9. The van der Waals surface area contributed by atoms with E-state index in [9.17, 15) is 9.59 Å². The standard InChI is InChI=1S/C37H75N5O3/c1-6-8-10-12-14-16-18-19-21-23-25-29-33-42(32-28-24-22-20-17-15-13-11-9-7-2)35(43)34(30-26-27-31-39-41-38)40-36(44)45-37(3,4)5/h34H,6-33H2,1-5H3,(H2,38,39)(H,40,44). The fourth-order valence-electron chi connectivity index (χ4n) is 5.78. The first kappa shape index (κ1) is 43.1. The van der Waals surface area contributed by atoms with Gasteiger partial charge >= 0.3 is 6.09 Å². The number of hydrogen-bond acceptors (Lipinski definition) is 5. The van der Waals surface area contributed by atoms with Crippen LogP contribution in [0.3, 0.4) is 0 Å². The Morgan fingerprint density at radius 1 is 0.644 bits per heavy atom. The zero-order valence-electron chi connectivity index (χ0n) is 30.5. The Labute approximate surface area is 278 Å². The normalized spacial score (nSPS) is 12.5. The van der Waals surface area contributed by atoms with Crippen molar-refractivity contribution in [1.29, 1.82) is 0 Å². The van der Waals surface area contributed by atoms with Gasteiger partial charge in [-0.25, -0.2) is 4.79 Å². The van der Waals surface area contributed by atoms with E-state index >= 15 is 0 Å². The lowest BCUT2D eigenvalue weighted by molar-refractivity contribution is -0.134. The Kier molecular flexibility index (Phi) is 29.5. The van der Waals surface area contributed by atoms with Crippen molar-refractivity contribution in [3.63, 3.8) is 0 Å². The molecule has 0 fully saturated rings. The Bertz CT molecular complexity index is 711. The van der Waals surface area contributed by atoms with E-state index in [0.29, 0.717) is 13.0 Å². The molecule has 266 valence electrons. The molecule has 0 aliphatic rings. The number of hydrogen-bond donors (Lipinski definition) is 2. The molecule has 0 aliphatic carbocycles. The number of nitrogens with zero attached hydrogens (tertiary/aromatic N) is 3. The van der Waals surface area contributed by atoms with Crippen LogP contribution in [-0.4, -0.2) is 48.2 Å². The summed E-state index contributed by atoms with van der Waals surface area (Å²) in [6.45, 7) is 12.1. The number of nitrogens with one attached hydrogen (secondary N) is 1. The highest BCUT2D eigenvalue weighted by Crippen LogP contribution is 2.16. The van der Waals surface area contributed by atoms with Gasteiger partial charge in [0.25, 0.3) is 0 Å². The van der Waals surface area contributed by atoms with Crippen LogP contribution in [-0.2, 0) is 9.53 Å². The zero-order chi connectivity index (χ0) is 33.4. The van der Waals surface area contributed by atoms with E-state index in [1.807, 2.05) is 25.7 Å². The number of nitrogens with two attached hydrogens (primary N) is 1. The van der Waals surface area contributed by atoms with Gasteiger partial charge in [0.15, 0.2) is 0 Å². The van der Waals surface area contributed by atoms with E-state index < -0.39 is 17.7 Å². The highest BCUT2D eigenvalue weighted by Gasteiger charge is 2.27. The molecule has 8 nitrogen and oxygen atoms in total. The van der Waals surface area contributed by atoms with Gasteiger partial charge in [-0.1, -0.05) is 147 Å². The molecule has 0 saturated heterocycles. The molecule has 0 saturated carbocycles. The summed E-state index contributed by atoms with van der Waals surface area (Å²) in [6, 6.07) is -0.602. The number of rotatable bonds is 31. The maximum atomic E-state index is 13.9. The topological polar surface area (TPSA) is 109 Å². The maximum Gasteiger partial charge on any atom is 0.408 e. The molecule has 1 unspecified atom stereocenters. The number of carbonyl (C=O) groups is 2. The Balaban J connectivity index is 4.91. The predicted octanol–water partition coefficient (Wildman–Crippen LogP) is 10.8. The van der Waals surface area contributed by atoms with Crippen molar-refractivity contribution >= 4 is 12.0 Å². The molecule has 3 N–H and O–H groups in total. The Morgan fingerprint density at radius 2 is 1.04 bits per heavy atom. The van der Waals surface area contributed by atoms with Crippen LogP contribution in [0.5, 0.6) is 0 Å². The van der Waals surface area contributed by atoms with Crippen LogP contribution in [0.4, 0.5) is 4.79 Å². The van der Waals surface area contributed by atoms with E-state index in [1.165, 1.54) is 116 Å². The molecule has 2 amide bonds. The number of unbranched alkanes of at least 4 members (excludes halogenated alkanes) is 21. The summed E-state index contributed by atoms with van der Waals surface area (Å²) in [7, 11) is 0. The first-order chi connectivity index (χ1) is 21.7. The molecular weight excluding hydrogens is 562 g/mol. The van der Waals surface area contributed by atoms with Gasteiger partial charge in [-0.15, -0.1) is 0 Å². The van der Waals surface area contributed by atoms with Crippen LogP contribution in [0.2, 0.25) is 0 Å². The highest BCUT2D eigenvalue weighted by molar-refractivity contribution is 5.85. The van der Waals surface area contributed by atoms with Gasteiger partial charge in [0.05, 0.1) is 6.54 Å². The largest absolute Gasteiger partial charge is 0.444 e. The number of ether oxygens (including phenoxy) is 1. The molecule has 0 aromatic heterocycles. The first-order valence-corrected chi connectivity index (χ1v) is 19.1. The van der Waals surface area contributed by atoms with Crippen LogP contribution in [0.15, 0.2) is 10.3 Å². The summed E-state index contributed by atoms with van der Waals surface area (Å²) >= 11 is 0. The monoisotopic (exact) mass is 638 g/mol. The lowest BCUT2D eigenvalue weighted by atomic mass is 10.0. The second kappa shape index (κ2) is 30.8. The van der Waals surface area contributed by atoms with Gasteiger partial charge in [0.2, 0.25) is 5.91 Å². The van der Waals surface area contributed by atoms with Crippen molar-refractivity contribution < 1.29 is 14.3 Å². The van der Waals surface area contributed by atoms with Crippen LogP contribution >= 0.6 is 0 Å². The van der Waals surface area contributed by atoms with Crippen molar-refractivity contribution in [1.82, 2.24) is 10.2 Å². The lowest BCUT2D eigenvalue weighted by Crippen LogP contribution is -2.50. The summed E-state index contributed by atoms with van der Waals surface area (Å²) in [5.41, 5.74) is -0.621. The molecule has 0 aromatic rings. The van der Waals surface area contributed by atoms with Gasteiger partial charge in [0.1, 0.15) is 11.6 Å². The smallest absolute Gasteiger partial charge is 0.408 e. The number of amides is 2. The molecule has 0 radical (unpaired) electrons. The van der Waals surface area contributed by atoms with Crippen LogP contribution < -0.4 is 11.2 Å². The molecule has 0 heterocycles. The Hall–Kier alpha value is -1.86. The molecule has 0 aliphatic heterocycles. The molecular formula is C37H75N5O3. The third kappa shape index (κ3) is 29.3. The molecule has 1 atom stereocenters. The second-order valence-electron chi connectivity index (χ2n) is 14.1. The molecule has 0 rings (SSSR count). The van der Waals surface area contributed by atoms with E-state index in [4.69, 9.17) is 10.6 Å². The molecule has 0 aromatic carbocycles. The summed E-state index contributed by atoms with van der Waals surface area (Å²) in [6.07, 6.45) is 29.7. The molecule has 8 heteroatoms. The zero-order valence-corrected chi connectivity index (χ0v) is 30.5. The van der Waals surface area contributed by atoms with Crippen LogP contribution in [0, 0.1) is 0 Å². The SMILES string of the molecule is CCCCCCCCCCCCCCN(CCCCCCCCCCCC)C(=O)C(CCCCN=NN)NC(=O)OC(C)(C)C. The summed E-state index contributed by atoms with van der Waals surface area (Å²) in [5, 5.41) is 10.1. The Morgan fingerprint density at radius 3 is 1.42 bits per heavy atom. The minimum Gasteiger partial charge on any atom is -0.444 e. The third-order valence-electron chi connectivity index (χ3n) is 8.45. The van der Waals surface area contributed by atoms with Gasteiger partial charge < -0.3 is 20.8 Å². The van der Waals surface area contributed by atoms with E-state index in [-0.39, 0.29) is 5.91 Å². The summed E-state index contributed by atoms with van der Waals surface area (Å²) in [4.78, 5) is 28.6. The fraction of sp³-hybridized carbons (Fsp3) is 0.946. The van der Waals surface area contributed by atoms with Gasteiger partial charge in [-0.3, -0.25) is 4.79 Å². The van der Waals surface area contributed by atoms with Crippen molar-refractivity contribution in [3.05, 3.63) is 0 Å². The summed E-state index contributed by atoms with van der Waals surface area (Å²) < 4.78 is 5.52. The van der Waals surface area contributed by atoms with Crippen LogP contribution in [0.1, 0.15) is 195 Å². The number of alkyl carbamates (subject to hydrolysis) is 1. The third-order valence-corrected chi connectivity index (χ3v) is 8.45. The van der Waals surface area contributed by atoms with Crippen LogP contribution in [0.25, 0.3) is 0 Å². The second-order valence-corrected chi connectivity index (χ2v) is 14.1. The molecule has 0 bridgehead atoms. The van der Waals surface area contributed by atoms with E-state index in [1.54, 1.807) is 0 Å². The van der Waals surface area contributed by atoms with Gasteiger partial charge in [-0.05, 0) is 52.9 Å². The highest BCUT2D eigenvalue weighted by atomic mass is 16.6. The predicted molar refractivity (Wildman–Crippen MR) is 190 cm³/mol. The average Bonchev–Trinajstić information content (AvgIpc) is 2.99. The minimum atomic E-state index is -0.621. The fourth-order valence-corrected chi connectivity index (χ4v) is 5.78. The quantitative estimate of drug-likeness (QED) is 0.0341. The van der Waals surface area contributed by atoms with Crippen molar-refractivity contribution in [2.24, 2.45) is 16.2 Å². The van der Waals surface area contributed by atoms with E-state index in [0.717, 1.165) is 51.6 Å². The van der Waals surface area contributed by atoms with Gasteiger partial charge in [-0.2, -0.15) is 5.11 Å². The van der Waals surface area contributed by atoms with E-state index in [2.05, 4.69) is 29.5 Å². The van der Waals surface area contributed by atoms with Crippen molar-refractivity contribution in [2.45, 2.75) is 207 Å². The number of carbonyl (C=O) groups excluding carboxylic acids is 2. The average molecular weight is 638 g/mol. The minimum absolute atomic E-state index is 0.0142. The van der Waals surface area contributed by atoms with Crippen molar-refractivity contribution in [2.75, 3.05) is 19.6 Å². The summed E-state index contributed by atoms with van der Waals surface area (Å²) in [5.74, 6) is 5.15. The first-order valence-electron chi connectivity index (χ1n) is 19.1.